The molecule has 3 aromatic rings. The van der Waals surface area contributed by atoms with E-state index in [1.165, 1.54) is 30.6 Å². The third-order valence-corrected chi connectivity index (χ3v) is 7.77. The number of benzene rings is 1. The van der Waals surface area contributed by atoms with Gasteiger partial charge in [0.2, 0.25) is 0 Å². The van der Waals surface area contributed by atoms with Gasteiger partial charge < -0.3 is 15.0 Å². The van der Waals surface area contributed by atoms with Gasteiger partial charge in [-0.25, -0.2) is 4.98 Å². The predicted molar refractivity (Wildman–Crippen MR) is 128 cm³/mol. The zero-order chi connectivity index (χ0) is 21.0. The molecule has 160 valence electrons. The molecular formula is C24H25N3O2S2. The number of amides is 1. The normalized spacial score (nSPS) is 18.9. The minimum absolute atomic E-state index is 0.0327. The average Bonchev–Trinajstić information content (AvgIpc) is 3.40. The second-order valence-corrected chi connectivity index (χ2v) is 9.91. The molecule has 1 aromatic carbocycles. The van der Waals surface area contributed by atoms with Gasteiger partial charge in [0, 0.05) is 18.8 Å². The van der Waals surface area contributed by atoms with E-state index in [4.69, 9.17) is 9.72 Å². The molecule has 1 amide bonds. The number of ether oxygens (including phenoxy) is 1. The Morgan fingerprint density at radius 1 is 1.16 bits per heavy atom. The van der Waals surface area contributed by atoms with Crippen molar-refractivity contribution in [1.29, 1.82) is 0 Å². The first-order chi connectivity index (χ1) is 15.2. The number of thiazole rings is 1. The number of carbonyl (C=O) groups is 1. The molecule has 1 unspecified atom stereocenters. The van der Waals surface area contributed by atoms with Gasteiger partial charge in [-0.15, -0.1) is 11.3 Å². The Morgan fingerprint density at radius 3 is 2.74 bits per heavy atom. The fourth-order valence-electron chi connectivity index (χ4n) is 3.84. The van der Waals surface area contributed by atoms with Crippen molar-refractivity contribution in [1.82, 2.24) is 10.3 Å². The van der Waals surface area contributed by atoms with Gasteiger partial charge in [-0.1, -0.05) is 53.8 Å². The summed E-state index contributed by atoms with van der Waals surface area (Å²) in [7, 11) is 0. The van der Waals surface area contributed by atoms with E-state index < -0.39 is 0 Å². The Hall–Kier alpha value is -2.48. The van der Waals surface area contributed by atoms with Crippen molar-refractivity contribution in [2.45, 2.75) is 38.4 Å². The van der Waals surface area contributed by atoms with Crippen molar-refractivity contribution < 1.29 is 9.53 Å². The van der Waals surface area contributed by atoms with E-state index in [1.807, 2.05) is 42.5 Å². The molecule has 2 aliphatic rings. The summed E-state index contributed by atoms with van der Waals surface area (Å²) >= 11 is 3.16. The van der Waals surface area contributed by atoms with Crippen LogP contribution in [0.25, 0.3) is 9.53 Å². The van der Waals surface area contributed by atoms with E-state index in [9.17, 15) is 4.79 Å². The Balaban J connectivity index is 1.16. The number of nitrogens with zero attached hydrogens (tertiary/aromatic N) is 2. The van der Waals surface area contributed by atoms with Gasteiger partial charge in [0.05, 0.1) is 22.3 Å². The van der Waals surface area contributed by atoms with Crippen LogP contribution in [0.5, 0.6) is 0 Å². The van der Waals surface area contributed by atoms with E-state index in [-0.39, 0.29) is 12.0 Å². The third kappa shape index (κ3) is 4.89. The van der Waals surface area contributed by atoms with Crippen LogP contribution in [0, 0.1) is 0 Å². The van der Waals surface area contributed by atoms with Crippen molar-refractivity contribution in [3.63, 3.8) is 0 Å². The predicted octanol–water partition coefficient (Wildman–Crippen LogP) is 5.51. The second-order valence-electron chi connectivity index (χ2n) is 7.87. The fourth-order valence-corrected chi connectivity index (χ4v) is 6.00. The molecule has 1 saturated heterocycles. The molecule has 0 radical (unpaired) electrons. The standard InChI is InChI=1S/C24H25N3O2S2/c28-22(20-15-21-23(30-20)26-24(31-21)27-13-5-2-6-14-27)25-18-9-11-19(12-10-18)29-16-17-7-3-1-4-8-17/h1,3-4,7-11,15,19H,2,5-6,12-14,16H2,(H,25,28). The molecule has 5 nitrogen and oxygen atoms in total. The summed E-state index contributed by atoms with van der Waals surface area (Å²) in [5.74, 6) is -0.0747. The number of thiophene rings is 1. The molecule has 7 heteroatoms. The van der Waals surface area contributed by atoms with Crippen LogP contribution in [-0.4, -0.2) is 30.1 Å². The lowest BCUT2D eigenvalue weighted by atomic mass is 10.1. The zero-order valence-corrected chi connectivity index (χ0v) is 18.9. The fraction of sp³-hybridized carbons (Fsp3) is 0.333. The highest BCUT2D eigenvalue weighted by atomic mass is 32.1. The number of allylic oxidation sites excluding steroid dienone is 1. The molecule has 5 rings (SSSR count). The maximum atomic E-state index is 12.7. The summed E-state index contributed by atoms with van der Waals surface area (Å²) in [5.41, 5.74) is 1.98. The molecule has 1 aliphatic heterocycles. The molecule has 0 bridgehead atoms. The average molecular weight is 452 g/mol. The van der Waals surface area contributed by atoms with Crippen LogP contribution in [-0.2, 0) is 11.3 Å². The summed E-state index contributed by atoms with van der Waals surface area (Å²) in [6, 6.07) is 12.1. The number of piperidine rings is 1. The molecular weight excluding hydrogens is 426 g/mol. The van der Waals surface area contributed by atoms with Crippen LogP contribution in [0.4, 0.5) is 5.13 Å². The molecule has 0 saturated carbocycles. The number of rotatable bonds is 6. The Labute approximate surface area is 190 Å². The Morgan fingerprint density at radius 2 is 2.00 bits per heavy atom. The summed E-state index contributed by atoms with van der Waals surface area (Å²) in [6.07, 6.45) is 10.5. The number of aromatic nitrogens is 1. The molecule has 1 N–H and O–H groups in total. The van der Waals surface area contributed by atoms with Crippen LogP contribution in [0.3, 0.4) is 0 Å². The number of hydrogen-bond acceptors (Lipinski definition) is 6. The molecule has 0 spiro atoms. The molecule has 2 aromatic heterocycles. The van der Waals surface area contributed by atoms with E-state index in [0.29, 0.717) is 11.5 Å². The number of carbonyl (C=O) groups excluding carboxylic acids is 1. The van der Waals surface area contributed by atoms with E-state index in [0.717, 1.165) is 45.4 Å². The van der Waals surface area contributed by atoms with E-state index in [2.05, 4.69) is 22.3 Å². The molecule has 1 atom stereocenters. The minimum atomic E-state index is -0.0747. The summed E-state index contributed by atoms with van der Waals surface area (Å²) in [5, 5.41) is 4.11. The van der Waals surface area contributed by atoms with Gasteiger partial charge in [-0.2, -0.15) is 0 Å². The summed E-state index contributed by atoms with van der Waals surface area (Å²) in [4.78, 5) is 21.5. The zero-order valence-electron chi connectivity index (χ0n) is 17.3. The van der Waals surface area contributed by atoms with Crippen LogP contribution >= 0.6 is 22.7 Å². The van der Waals surface area contributed by atoms with Gasteiger partial charge in [0.25, 0.3) is 5.91 Å². The third-order valence-electron chi connectivity index (χ3n) is 5.55. The first-order valence-electron chi connectivity index (χ1n) is 10.8. The number of nitrogens with one attached hydrogen (secondary N) is 1. The first-order valence-corrected chi connectivity index (χ1v) is 12.4. The van der Waals surface area contributed by atoms with E-state index in [1.54, 1.807) is 11.3 Å². The quantitative estimate of drug-likeness (QED) is 0.537. The van der Waals surface area contributed by atoms with Crippen molar-refractivity contribution >= 4 is 43.2 Å². The smallest absolute Gasteiger partial charge is 0.265 e. The lowest BCUT2D eigenvalue weighted by Crippen LogP contribution is -2.29. The maximum absolute atomic E-state index is 12.7. The van der Waals surface area contributed by atoms with Gasteiger partial charge in [-0.05, 0) is 43.4 Å². The Kier molecular flexibility index (Phi) is 6.15. The van der Waals surface area contributed by atoms with E-state index >= 15 is 0 Å². The van der Waals surface area contributed by atoms with Crippen LogP contribution in [0.2, 0.25) is 0 Å². The highest BCUT2D eigenvalue weighted by molar-refractivity contribution is 7.29. The molecule has 1 aliphatic carbocycles. The molecule has 3 heterocycles. The van der Waals surface area contributed by atoms with Crippen LogP contribution in [0.15, 0.2) is 60.3 Å². The minimum Gasteiger partial charge on any atom is -0.369 e. The molecule has 1 fully saturated rings. The monoisotopic (exact) mass is 451 g/mol. The highest BCUT2D eigenvalue weighted by Gasteiger charge is 2.19. The first kappa shape index (κ1) is 20.4. The van der Waals surface area contributed by atoms with Gasteiger partial charge >= 0.3 is 0 Å². The molecule has 31 heavy (non-hydrogen) atoms. The SMILES string of the molecule is O=C(NC1=CCC(OCc2ccccc2)C=C1)c1cc2sc(N3CCCCC3)nc2s1. The lowest BCUT2D eigenvalue weighted by Gasteiger charge is -2.25. The topological polar surface area (TPSA) is 54.5 Å². The summed E-state index contributed by atoms with van der Waals surface area (Å²) < 4.78 is 7.04. The number of hydrogen-bond donors (Lipinski definition) is 1. The van der Waals surface area contributed by atoms with Crippen molar-refractivity contribution in [2.24, 2.45) is 0 Å². The number of fused-ring (bicyclic) bond motifs is 1. The van der Waals surface area contributed by atoms with Crippen LogP contribution < -0.4 is 10.2 Å². The van der Waals surface area contributed by atoms with Gasteiger partial charge in [-0.3, -0.25) is 4.79 Å². The number of anilines is 1. The van der Waals surface area contributed by atoms with Crippen LogP contribution in [0.1, 0.15) is 40.9 Å². The van der Waals surface area contributed by atoms with Crippen molar-refractivity contribution in [3.8, 4) is 0 Å². The Bertz CT molecular complexity index is 1080. The lowest BCUT2D eigenvalue weighted by molar-refractivity contribution is 0.0727. The highest BCUT2D eigenvalue weighted by Crippen LogP contribution is 2.35. The van der Waals surface area contributed by atoms with Gasteiger partial charge in [0.1, 0.15) is 4.83 Å². The van der Waals surface area contributed by atoms with Crippen molar-refractivity contribution in [3.05, 3.63) is 70.8 Å². The van der Waals surface area contributed by atoms with Gasteiger partial charge in [0.15, 0.2) is 5.13 Å². The maximum Gasteiger partial charge on any atom is 0.265 e. The largest absolute Gasteiger partial charge is 0.369 e. The summed E-state index contributed by atoms with van der Waals surface area (Å²) in [6.45, 7) is 2.76. The van der Waals surface area contributed by atoms with Crippen molar-refractivity contribution in [2.75, 3.05) is 18.0 Å². The second kappa shape index (κ2) is 9.34.